The van der Waals surface area contributed by atoms with Gasteiger partial charge in [-0.05, 0) is 48.9 Å². The Hall–Kier alpha value is -3.72. The van der Waals surface area contributed by atoms with Gasteiger partial charge in [0.15, 0.2) is 0 Å². The standard InChI is InChI=1S/C22H22N4O4S/c1-17-11-12-21(30-2)20(14-17)26(31(28,29)19-9-4-3-5-10-19)16-22(27)25-24-15-18-8-6-7-13-23-18/h3-15H,16H2,1-2H3,(H,25,27)/b24-15-. The molecule has 0 fully saturated rings. The number of methoxy groups -OCH3 is 1. The zero-order valence-corrected chi connectivity index (χ0v) is 17.9. The molecule has 1 N–H and O–H groups in total. The number of hydrogen-bond acceptors (Lipinski definition) is 6. The summed E-state index contributed by atoms with van der Waals surface area (Å²) in [6, 6.07) is 18.3. The van der Waals surface area contributed by atoms with E-state index in [1.807, 2.05) is 6.92 Å². The number of amides is 1. The SMILES string of the molecule is COc1ccc(C)cc1N(CC(=O)N/N=C\c1ccccn1)S(=O)(=O)c1ccccc1. The first-order chi connectivity index (χ1) is 14.9. The second-order valence-electron chi connectivity index (χ2n) is 6.55. The van der Waals surface area contributed by atoms with Crippen LogP contribution in [0.5, 0.6) is 5.75 Å². The summed E-state index contributed by atoms with van der Waals surface area (Å²) in [6.45, 7) is 1.34. The Morgan fingerprint density at radius 3 is 2.55 bits per heavy atom. The van der Waals surface area contributed by atoms with Gasteiger partial charge in [-0.15, -0.1) is 0 Å². The summed E-state index contributed by atoms with van der Waals surface area (Å²) in [5.74, 6) is -0.287. The quantitative estimate of drug-likeness (QED) is 0.431. The lowest BCUT2D eigenvalue weighted by atomic mass is 10.2. The number of aryl methyl sites for hydroxylation is 1. The number of nitrogens with zero attached hydrogens (tertiary/aromatic N) is 3. The fourth-order valence-corrected chi connectivity index (χ4v) is 4.25. The average Bonchev–Trinajstić information content (AvgIpc) is 2.78. The maximum absolute atomic E-state index is 13.4. The monoisotopic (exact) mass is 438 g/mol. The van der Waals surface area contributed by atoms with Gasteiger partial charge in [-0.2, -0.15) is 5.10 Å². The number of pyridine rings is 1. The van der Waals surface area contributed by atoms with Crippen molar-refractivity contribution in [3.8, 4) is 5.75 Å². The van der Waals surface area contributed by atoms with Crippen LogP contribution in [0.15, 0.2) is 82.9 Å². The van der Waals surface area contributed by atoms with Crippen LogP contribution < -0.4 is 14.5 Å². The molecule has 2 aromatic carbocycles. The summed E-state index contributed by atoms with van der Waals surface area (Å²) < 4.78 is 33.1. The maximum atomic E-state index is 13.4. The van der Waals surface area contributed by atoms with Gasteiger partial charge in [0, 0.05) is 6.20 Å². The number of ether oxygens (including phenoxy) is 1. The predicted octanol–water partition coefficient (Wildman–Crippen LogP) is 2.74. The second-order valence-corrected chi connectivity index (χ2v) is 8.41. The van der Waals surface area contributed by atoms with E-state index in [0.29, 0.717) is 11.4 Å². The van der Waals surface area contributed by atoms with E-state index in [0.717, 1.165) is 9.87 Å². The molecule has 0 radical (unpaired) electrons. The van der Waals surface area contributed by atoms with Crippen LogP contribution in [0.25, 0.3) is 0 Å². The Bertz CT molecular complexity index is 1170. The Balaban J connectivity index is 1.92. The third kappa shape index (κ3) is 5.46. The van der Waals surface area contributed by atoms with Gasteiger partial charge in [0.05, 0.1) is 29.6 Å². The lowest BCUT2D eigenvalue weighted by Crippen LogP contribution is -2.39. The minimum Gasteiger partial charge on any atom is -0.495 e. The van der Waals surface area contributed by atoms with Crippen molar-refractivity contribution in [2.75, 3.05) is 18.0 Å². The molecule has 9 heteroatoms. The summed E-state index contributed by atoms with van der Waals surface area (Å²) >= 11 is 0. The molecule has 3 aromatic rings. The smallest absolute Gasteiger partial charge is 0.264 e. The average molecular weight is 439 g/mol. The molecular formula is C22H22N4O4S. The molecule has 0 aliphatic rings. The minimum atomic E-state index is -4.05. The normalized spacial score (nSPS) is 11.3. The van der Waals surface area contributed by atoms with Gasteiger partial charge in [0.2, 0.25) is 0 Å². The van der Waals surface area contributed by atoms with Crippen molar-refractivity contribution in [1.29, 1.82) is 0 Å². The van der Waals surface area contributed by atoms with E-state index in [2.05, 4.69) is 15.5 Å². The van der Waals surface area contributed by atoms with Crippen LogP contribution >= 0.6 is 0 Å². The lowest BCUT2D eigenvalue weighted by Gasteiger charge is -2.25. The molecule has 1 amide bonds. The Morgan fingerprint density at radius 1 is 1.13 bits per heavy atom. The highest BCUT2D eigenvalue weighted by Gasteiger charge is 2.29. The van der Waals surface area contributed by atoms with E-state index in [1.54, 1.807) is 60.8 Å². The van der Waals surface area contributed by atoms with E-state index in [9.17, 15) is 13.2 Å². The van der Waals surface area contributed by atoms with Crippen molar-refractivity contribution in [2.24, 2.45) is 5.10 Å². The molecule has 0 spiro atoms. The van der Waals surface area contributed by atoms with Crippen molar-refractivity contribution < 1.29 is 17.9 Å². The zero-order valence-electron chi connectivity index (χ0n) is 17.1. The highest BCUT2D eigenvalue weighted by atomic mass is 32.2. The van der Waals surface area contributed by atoms with Crippen LogP contribution in [0.3, 0.4) is 0 Å². The Kier molecular flexibility index (Phi) is 6.99. The number of benzene rings is 2. The minimum absolute atomic E-state index is 0.0587. The first kappa shape index (κ1) is 22.0. The summed E-state index contributed by atoms with van der Waals surface area (Å²) in [6.07, 6.45) is 2.97. The number of carbonyl (C=O) groups excluding carboxylic acids is 1. The number of nitrogens with one attached hydrogen (secondary N) is 1. The molecule has 31 heavy (non-hydrogen) atoms. The molecule has 0 aliphatic heterocycles. The molecule has 1 aromatic heterocycles. The van der Waals surface area contributed by atoms with Crippen LogP contribution in [0, 0.1) is 6.92 Å². The van der Waals surface area contributed by atoms with Gasteiger partial charge in [0.1, 0.15) is 12.3 Å². The molecule has 0 unspecified atom stereocenters. The third-order valence-electron chi connectivity index (χ3n) is 4.30. The van der Waals surface area contributed by atoms with Gasteiger partial charge < -0.3 is 4.74 Å². The second kappa shape index (κ2) is 9.86. The molecule has 0 bridgehead atoms. The van der Waals surface area contributed by atoms with E-state index in [4.69, 9.17) is 4.74 Å². The van der Waals surface area contributed by atoms with Crippen LogP contribution in [-0.4, -0.2) is 39.2 Å². The molecule has 0 aliphatic carbocycles. The van der Waals surface area contributed by atoms with E-state index in [-0.39, 0.29) is 10.6 Å². The van der Waals surface area contributed by atoms with Crippen molar-refractivity contribution in [1.82, 2.24) is 10.4 Å². The number of rotatable bonds is 8. The van der Waals surface area contributed by atoms with Crippen molar-refractivity contribution in [2.45, 2.75) is 11.8 Å². The number of hydrazone groups is 1. The predicted molar refractivity (Wildman–Crippen MR) is 119 cm³/mol. The van der Waals surface area contributed by atoms with Gasteiger partial charge in [0.25, 0.3) is 15.9 Å². The number of anilines is 1. The van der Waals surface area contributed by atoms with Crippen LogP contribution in [0.1, 0.15) is 11.3 Å². The zero-order chi connectivity index (χ0) is 22.3. The first-order valence-corrected chi connectivity index (χ1v) is 10.8. The Labute approximate surface area is 181 Å². The molecule has 0 saturated carbocycles. The molecule has 0 atom stereocenters. The topological polar surface area (TPSA) is 101 Å². The lowest BCUT2D eigenvalue weighted by molar-refractivity contribution is -0.119. The van der Waals surface area contributed by atoms with Gasteiger partial charge in [-0.25, -0.2) is 13.8 Å². The van der Waals surface area contributed by atoms with Crippen molar-refractivity contribution >= 4 is 27.8 Å². The number of sulfonamides is 1. The number of hydrogen-bond donors (Lipinski definition) is 1. The number of aromatic nitrogens is 1. The Morgan fingerprint density at radius 2 is 1.87 bits per heavy atom. The van der Waals surface area contributed by atoms with Crippen LogP contribution in [0.4, 0.5) is 5.69 Å². The van der Waals surface area contributed by atoms with Gasteiger partial charge in [-0.1, -0.05) is 30.3 Å². The largest absolute Gasteiger partial charge is 0.495 e. The van der Waals surface area contributed by atoms with Gasteiger partial charge >= 0.3 is 0 Å². The van der Waals surface area contributed by atoms with Gasteiger partial charge in [-0.3, -0.25) is 14.1 Å². The van der Waals surface area contributed by atoms with Crippen molar-refractivity contribution in [3.05, 3.63) is 84.2 Å². The van der Waals surface area contributed by atoms with E-state index in [1.165, 1.54) is 25.5 Å². The summed E-state index contributed by atoms with van der Waals surface area (Å²) in [4.78, 5) is 16.7. The molecular weight excluding hydrogens is 416 g/mol. The molecule has 160 valence electrons. The molecule has 0 saturated heterocycles. The highest BCUT2D eigenvalue weighted by molar-refractivity contribution is 7.92. The summed E-state index contributed by atoms with van der Waals surface area (Å²) in [5, 5.41) is 3.86. The highest BCUT2D eigenvalue weighted by Crippen LogP contribution is 2.33. The van der Waals surface area contributed by atoms with Crippen molar-refractivity contribution in [3.63, 3.8) is 0 Å². The van der Waals surface area contributed by atoms with Crippen LogP contribution in [-0.2, 0) is 14.8 Å². The third-order valence-corrected chi connectivity index (χ3v) is 6.07. The van der Waals surface area contributed by atoms with Crippen LogP contribution in [0.2, 0.25) is 0 Å². The molecule has 8 nitrogen and oxygen atoms in total. The van der Waals surface area contributed by atoms with E-state index >= 15 is 0 Å². The maximum Gasteiger partial charge on any atom is 0.264 e. The van der Waals surface area contributed by atoms with E-state index < -0.39 is 22.5 Å². The fraction of sp³-hybridized carbons (Fsp3) is 0.136. The summed E-state index contributed by atoms with van der Waals surface area (Å²) in [7, 11) is -2.60. The summed E-state index contributed by atoms with van der Waals surface area (Å²) in [5.41, 5.74) is 3.98. The number of carbonyl (C=O) groups is 1. The first-order valence-electron chi connectivity index (χ1n) is 9.37. The fourth-order valence-electron chi connectivity index (χ4n) is 2.80. The molecule has 3 rings (SSSR count). The molecule has 1 heterocycles.